The average Bonchev–Trinajstić information content (AvgIpc) is 2.43. The Morgan fingerprint density at radius 2 is 1.65 bits per heavy atom. The van der Waals surface area contributed by atoms with Crippen molar-refractivity contribution in [2.45, 2.75) is 54.0 Å². The van der Waals surface area contributed by atoms with Gasteiger partial charge in [0, 0.05) is 19.2 Å². The van der Waals surface area contributed by atoms with Crippen molar-refractivity contribution in [3.63, 3.8) is 0 Å². The molecule has 1 aromatic rings. The zero-order chi connectivity index (χ0) is 15.0. The third-order valence-electron chi connectivity index (χ3n) is 4.70. The second-order valence-electron chi connectivity index (χ2n) is 5.92. The first-order valence-corrected chi connectivity index (χ1v) is 7.45. The zero-order valence-corrected chi connectivity index (χ0v) is 13.6. The van der Waals surface area contributed by atoms with Crippen LogP contribution < -0.4 is 0 Å². The summed E-state index contributed by atoms with van der Waals surface area (Å²) < 4.78 is 0. The van der Waals surface area contributed by atoms with E-state index in [0.29, 0.717) is 0 Å². The standard InChI is InChI=1S/C18H25NO/c1-7-8-9-15-17-14(5)12(3)11(2)13(4)16(17)10-19(6)18(15)20/h9H,7-8,10H2,1-6H3/b15-9-. The highest BCUT2D eigenvalue weighted by atomic mass is 16.2. The minimum atomic E-state index is 0.164. The Labute approximate surface area is 122 Å². The van der Waals surface area contributed by atoms with Crippen molar-refractivity contribution in [1.82, 2.24) is 4.90 Å². The lowest BCUT2D eigenvalue weighted by Gasteiger charge is -2.31. The van der Waals surface area contributed by atoms with Crippen LogP contribution in [-0.2, 0) is 11.3 Å². The first-order valence-electron chi connectivity index (χ1n) is 7.45. The molecule has 20 heavy (non-hydrogen) atoms. The molecular weight excluding hydrogens is 246 g/mol. The van der Waals surface area contributed by atoms with Crippen LogP contribution >= 0.6 is 0 Å². The predicted octanol–water partition coefficient (Wildman–Crippen LogP) is 4.08. The number of benzene rings is 1. The predicted molar refractivity (Wildman–Crippen MR) is 84.7 cm³/mol. The summed E-state index contributed by atoms with van der Waals surface area (Å²) in [7, 11) is 1.90. The normalized spacial score (nSPS) is 16.8. The van der Waals surface area contributed by atoms with E-state index < -0.39 is 0 Å². The van der Waals surface area contributed by atoms with Crippen LogP contribution in [0.1, 0.15) is 53.1 Å². The number of fused-ring (bicyclic) bond motifs is 1. The van der Waals surface area contributed by atoms with Gasteiger partial charge in [-0.2, -0.15) is 0 Å². The molecule has 108 valence electrons. The maximum absolute atomic E-state index is 12.5. The summed E-state index contributed by atoms with van der Waals surface area (Å²) >= 11 is 0. The third-order valence-corrected chi connectivity index (χ3v) is 4.70. The number of carbonyl (C=O) groups excluding carboxylic acids is 1. The Hall–Kier alpha value is -1.57. The van der Waals surface area contributed by atoms with Gasteiger partial charge in [-0.25, -0.2) is 0 Å². The Kier molecular flexibility index (Phi) is 4.03. The number of unbranched alkanes of at least 4 members (excludes halogenated alkanes) is 1. The SMILES string of the molecule is CCC/C=C1\C(=O)N(C)Cc2c(C)c(C)c(C)c(C)c21. The average molecular weight is 271 g/mol. The lowest BCUT2D eigenvalue weighted by atomic mass is 9.82. The van der Waals surface area contributed by atoms with E-state index >= 15 is 0 Å². The van der Waals surface area contributed by atoms with Crippen molar-refractivity contribution in [3.05, 3.63) is 39.5 Å². The Bertz CT molecular complexity index is 596. The second-order valence-corrected chi connectivity index (χ2v) is 5.92. The third kappa shape index (κ3) is 2.17. The molecule has 1 aromatic carbocycles. The van der Waals surface area contributed by atoms with E-state index in [0.717, 1.165) is 25.0 Å². The maximum Gasteiger partial charge on any atom is 0.254 e. The van der Waals surface area contributed by atoms with E-state index in [9.17, 15) is 4.79 Å². The molecule has 0 N–H and O–H groups in total. The van der Waals surface area contributed by atoms with E-state index in [4.69, 9.17) is 0 Å². The van der Waals surface area contributed by atoms with Crippen molar-refractivity contribution < 1.29 is 4.79 Å². The summed E-state index contributed by atoms with van der Waals surface area (Å²) in [4.78, 5) is 14.3. The van der Waals surface area contributed by atoms with E-state index in [1.165, 1.54) is 33.4 Å². The summed E-state index contributed by atoms with van der Waals surface area (Å²) in [5, 5.41) is 0. The second kappa shape index (κ2) is 5.43. The van der Waals surface area contributed by atoms with Crippen LogP contribution in [0.25, 0.3) is 5.57 Å². The fraction of sp³-hybridized carbons (Fsp3) is 0.500. The fourth-order valence-electron chi connectivity index (χ4n) is 3.05. The minimum Gasteiger partial charge on any atom is -0.337 e. The van der Waals surface area contributed by atoms with Crippen molar-refractivity contribution in [2.75, 3.05) is 7.05 Å². The van der Waals surface area contributed by atoms with Gasteiger partial charge in [0.05, 0.1) is 0 Å². The molecule has 2 rings (SSSR count). The number of rotatable bonds is 2. The van der Waals surface area contributed by atoms with Gasteiger partial charge in [-0.1, -0.05) is 19.4 Å². The molecule has 0 unspecified atom stereocenters. The van der Waals surface area contributed by atoms with Crippen LogP contribution in [0, 0.1) is 27.7 Å². The molecule has 1 amide bonds. The fourth-order valence-corrected chi connectivity index (χ4v) is 3.05. The summed E-state index contributed by atoms with van der Waals surface area (Å²) in [6.07, 6.45) is 4.15. The van der Waals surface area contributed by atoms with Crippen molar-refractivity contribution >= 4 is 11.5 Å². The highest BCUT2D eigenvalue weighted by molar-refractivity contribution is 6.21. The number of amides is 1. The van der Waals surface area contributed by atoms with E-state index in [2.05, 4.69) is 40.7 Å². The summed E-state index contributed by atoms with van der Waals surface area (Å²) in [6, 6.07) is 0. The van der Waals surface area contributed by atoms with Crippen LogP contribution in [0.4, 0.5) is 0 Å². The highest BCUT2D eigenvalue weighted by Gasteiger charge is 2.29. The Morgan fingerprint density at radius 1 is 1.05 bits per heavy atom. The van der Waals surface area contributed by atoms with Crippen molar-refractivity contribution in [1.29, 1.82) is 0 Å². The van der Waals surface area contributed by atoms with Crippen molar-refractivity contribution in [3.8, 4) is 0 Å². The Balaban J connectivity index is 2.76. The van der Waals surface area contributed by atoms with Gasteiger partial charge in [0.25, 0.3) is 5.91 Å². The summed E-state index contributed by atoms with van der Waals surface area (Å²) in [5.74, 6) is 0.164. The number of nitrogens with zero attached hydrogens (tertiary/aromatic N) is 1. The van der Waals surface area contributed by atoms with Crippen LogP contribution in [-0.4, -0.2) is 17.9 Å². The maximum atomic E-state index is 12.5. The van der Waals surface area contributed by atoms with Gasteiger partial charge in [-0.15, -0.1) is 0 Å². The molecule has 1 aliphatic heterocycles. The van der Waals surface area contributed by atoms with E-state index in [-0.39, 0.29) is 5.91 Å². The van der Waals surface area contributed by atoms with Gasteiger partial charge in [0.1, 0.15) is 0 Å². The number of allylic oxidation sites excluding steroid dienone is 1. The first-order chi connectivity index (χ1) is 9.40. The molecule has 0 aromatic heterocycles. The minimum absolute atomic E-state index is 0.164. The number of likely N-dealkylation sites (N-methyl/N-ethyl adjacent to an activating group) is 1. The van der Waals surface area contributed by atoms with Crippen LogP contribution in [0.5, 0.6) is 0 Å². The molecule has 1 heterocycles. The first kappa shape index (κ1) is 14.8. The monoisotopic (exact) mass is 271 g/mol. The number of carbonyl (C=O) groups is 1. The van der Waals surface area contributed by atoms with Crippen LogP contribution in [0.15, 0.2) is 6.08 Å². The van der Waals surface area contributed by atoms with Crippen LogP contribution in [0.3, 0.4) is 0 Å². The number of hydrogen-bond donors (Lipinski definition) is 0. The Morgan fingerprint density at radius 3 is 2.25 bits per heavy atom. The van der Waals surface area contributed by atoms with Gasteiger partial charge in [0.2, 0.25) is 0 Å². The molecule has 2 nitrogen and oxygen atoms in total. The largest absolute Gasteiger partial charge is 0.337 e. The van der Waals surface area contributed by atoms with E-state index in [1.807, 2.05) is 11.9 Å². The molecule has 0 atom stereocenters. The molecule has 1 aliphatic rings. The summed E-state index contributed by atoms with van der Waals surface area (Å²) in [5.41, 5.74) is 8.72. The molecule has 0 saturated carbocycles. The van der Waals surface area contributed by atoms with E-state index in [1.54, 1.807) is 0 Å². The molecule has 2 heteroatoms. The lowest BCUT2D eigenvalue weighted by Crippen LogP contribution is -2.33. The molecular formula is C18H25NO. The van der Waals surface area contributed by atoms with Crippen LogP contribution in [0.2, 0.25) is 0 Å². The zero-order valence-electron chi connectivity index (χ0n) is 13.6. The lowest BCUT2D eigenvalue weighted by molar-refractivity contribution is -0.124. The van der Waals surface area contributed by atoms with Gasteiger partial charge in [0.15, 0.2) is 0 Å². The molecule has 0 bridgehead atoms. The van der Waals surface area contributed by atoms with Gasteiger partial charge in [-0.05, 0) is 67.5 Å². The molecule has 0 fully saturated rings. The smallest absolute Gasteiger partial charge is 0.254 e. The molecule has 0 saturated heterocycles. The molecule has 0 spiro atoms. The molecule has 0 aliphatic carbocycles. The molecule has 0 radical (unpaired) electrons. The van der Waals surface area contributed by atoms with Gasteiger partial charge >= 0.3 is 0 Å². The van der Waals surface area contributed by atoms with Gasteiger partial charge in [-0.3, -0.25) is 4.79 Å². The highest BCUT2D eigenvalue weighted by Crippen LogP contribution is 2.36. The van der Waals surface area contributed by atoms with Crippen molar-refractivity contribution in [2.24, 2.45) is 0 Å². The topological polar surface area (TPSA) is 20.3 Å². The number of hydrogen-bond acceptors (Lipinski definition) is 1. The quantitative estimate of drug-likeness (QED) is 0.742. The van der Waals surface area contributed by atoms with Gasteiger partial charge < -0.3 is 4.90 Å². The summed E-state index contributed by atoms with van der Waals surface area (Å²) in [6.45, 7) is 11.6.